The number of aromatic nitrogens is 2. The molecule has 3 aromatic carbocycles. The molecule has 9 nitrogen and oxygen atoms in total. The lowest BCUT2D eigenvalue weighted by molar-refractivity contribution is -0.136. The van der Waals surface area contributed by atoms with Crippen LogP contribution in [0.1, 0.15) is 51.4 Å². The topological polar surface area (TPSA) is 103 Å². The van der Waals surface area contributed by atoms with Crippen LogP contribution in [0.2, 0.25) is 0 Å². The summed E-state index contributed by atoms with van der Waals surface area (Å²) in [5.41, 5.74) is -0.237. The number of ether oxygens (including phenoxy) is 1. The van der Waals surface area contributed by atoms with Crippen LogP contribution >= 0.6 is 0 Å². The Labute approximate surface area is 288 Å². The quantitative estimate of drug-likeness (QED) is 0.229. The molecule has 2 unspecified atom stereocenters. The normalized spacial score (nSPS) is 24.2. The number of hydrogen-bond donors (Lipinski definition) is 3. The Morgan fingerprint density at radius 3 is 2.44 bits per heavy atom. The fourth-order valence-electron chi connectivity index (χ4n) is 8.97. The van der Waals surface area contributed by atoms with Gasteiger partial charge in [0.15, 0.2) is 17.5 Å². The van der Waals surface area contributed by atoms with Crippen molar-refractivity contribution in [1.29, 1.82) is 0 Å². The Balaban J connectivity index is 1.04. The number of hydrogen-bond acceptors (Lipinski definition) is 8. The third-order valence-corrected chi connectivity index (χ3v) is 12.0. The van der Waals surface area contributed by atoms with Crippen molar-refractivity contribution in [3.63, 3.8) is 0 Å². The van der Waals surface area contributed by atoms with Crippen molar-refractivity contribution < 1.29 is 27.8 Å². The van der Waals surface area contributed by atoms with Gasteiger partial charge < -0.3 is 30.3 Å². The minimum Gasteiger partial charge on any atom is -0.508 e. The summed E-state index contributed by atoms with van der Waals surface area (Å²) in [6.45, 7) is 5.19. The van der Waals surface area contributed by atoms with E-state index in [0.717, 1.165) is 83.6 Å². The molecular formula is C38H41F3N6O3. The lowest BCUT2D eigenvalue weighted by Gasteiger charge is -2.43. The van der Waals surface area contributed by atoms with E-state index < -0.39 is 17.5 Å². The molecular weight excluding hydrogens is 645 g/mol. The van der Waals surface area contributed by atoms with Crippen molar-refractivity contribution >= 4 is 33.4 Å². The van der Waals surface area contributed by atoms with Crippen molar-refractivity contribution in [2.75, 3.05) is 50.8 Å². The molecule has 5 aliphatic rings. The van der Waals surface area contributed by atoms with Crippen LogP contribution in [-0.2, 0) is 4.79 Å². The molecule has 9 rings (SSSR count). The maximum Gasteiger partial charge on any atom is 0.319 e. The van der Waals surface area contributed by atoms with Gasteiger partial charge in [0, 0.05) is 60.0 Å². The molecule has 1 saturated carbocycles. The number of phenols is 1. The average molecular weight is 687 g/mol. The molecule has 5 fully saturated rings. The second-order valence-electron chi connectivity index (χ2n) is 15.4. The summed E-state index contributed by atoms with van der Waals surface area (Å²) in [6.07, 6.45) is 7.85. The van der Waals surface area contributed by atoms with Crippen molar-refractivity contribution in [3.8, 4) is 22.9 Å². The number of amides is 1. The fourth-order valence-corrected chi connectivity index (χ4v) is 8.97. The minimum absolute atomic E-state index is 0.00735. The highest BCUT2D eigenvalue weighted by molar-refractivity contribution is 6.01. The molecule has 1 amide bonds. The van der Waals surface area contributed by atoms with Gasteiger partial charge in [-0.15, -0.1) is 0 Å². The highest BCUT2D eigenvalue weighted by Gasteiger charge is 2.48. The predicted molar refractivity (Wildman–Crippen MR) is 184 cm³/mol. The number of piperazine rings is 1. The molecule has 5 heterocycles. The van der Waals surface area contributed by atoms with Crippen LogP contribution in [0.15, 0.2) is 36.4 Å². The van der Waals surface area contributed by atoms with Crippen molar-refractivity contribution in [1.82, 2.24) is 25.5 Å². The summed E-state index contributed by atoms with van der Waals surface area (Å²) in [5, 5.41) is 17.8. The molecule has 50 heavy (non-hydrogen) atoms. The third-order valence-electron chi connectivity index (χ3n) is 12.0. The van der Waals surface area contributed by atoms with Gasteiger partial charge in [-0.05, 0) is 99.7 Å². The maximum absolute atomic E-state index is 16.8. The zero-order valence-corrected chi connectivity index (χ0v) is 27.9. The number of piperidine rings is 2. The molecule has 4 aromatic rings. The number of nitrogens with zero attached hydrogens (tertiary/aromatic N) is 4. The molecule has 4 saturated heterocycles. The van der Waals surface area contributed by atoms with E-state index >= 15 is 8.78 Å². The van der Waals surface area contributed by atoms with Gasteiger partial charge in [-0.2, -0.15) is 9.97 Å². The van der Waals surface area contributed by atoms with Crippen LogP contribution in [0.4, 0.5) is 19.0 Å². The number of phenolic OH excluding ortho intramolecular Hbond substituents is 1. The standard InChI is InChI=1S/C38H41F3N6O3/c39-29-7-2-22-16-25(48)17-28(30(22)32(29)41)26-5-6-27-33(31(26)40)44-36(45-34(27)47-18-23-3-4-24(19-47)43-23)50-21-37(9-10-37)20-46-14-11-38(12-15-46)8-1-13-42-35(38)49/h2,5-7,16-17,23-24,43,48H,1,3-4,8-15,18-21H2,(H,42,49). The zero-order chi connectivity index (χ0) is 34.2. The number of halogens is 3. The summed E-state index contributed by atoms with van der Waals surface area (Å²) < 4.78 is 52.8. The monoisotopic (exact) mass is 686 g/mol. The van der Waals surface area contributed by atoms with Gasteiger partial charge in [0.25, 0.3) is 0 Å². The van der Waals surface area contributed by atoms with Crippen LogP contribution in [0.3, 0.4) is 0 Å². The number of carbonyl (C=O) groups is 1. The smallest absolute Gasteiger partial charge is 0.319 e. The summed E-state index contributed by atoms with van der Waals surface area (Å²) >= 11 is 0. The minimum atomic E-state index is -1.11. The highest BCUT2D eigenvalue weighted by atomic mass is 19.2. The van der Waals surface area contributed by atoms with E-state index in [1.807, 2.05) is 0 Å². The third kappa shape index (κ3) is 5.51. The summed E-state index contributed by atoms with van der Waals surface area (Å²) in [7, 11) is 0. The van der Waals surface area contributed by atoms with E-state index in [1.165, 1.54) is 24.3 Å². The molecule has 1 spiro atoms. The van der Waals surface area contributed by atoms with E-state index in [0.29, 0.717) is 43.0 Å². The van der Waals surface area contributed by atoms with Crippen LogP contribution in [-0.4, -0.2) is 83.8 Å². The Kier molecular flexibility index (Phi) is 7.61. The van der Waals surface area contributed by atoms with Crippen molar-refractivity contribution in [3.05, 3.63) is 53.8 Å². The number of nitrogens with one attached hydrogen (secondary N) is 2. The van der Waals surface area contributed by atoms with Gasteiger partial charge in [-0.1, -0.05) is 12.1 Å². The number of anilines is 1. The first kappa shape index (κ1) is 31.8. The van der Waals surface area contributed by atoms with Gasteiger partial charge in [-0.3, -0.25) is 4.79 Å². The van der Waals surface area contributed by atoms with Crippen LogP contribution in [0.25, 0.3) is 32.8 Å². The Morgan fingerprint density at radius 1 is 0.920 bits per heavy atom. The number of aromatic hydroxyl groups is 1. The van der Waals surface area contributed by atoms with Gasteiger partial charge in [0.2, 0.25) is 5.91 Å². The molecule has 0 radical (unpaired) electrons. The SMILES string of the molecule is O=C1NCCCC12CCN(CC1(COc3nc(N4CC5CCC(C4)N5)c4ccc(-c5cc(O)cc6ccc(F)c(F)c56)c(F)c4n3)CC1)CC2. The van der Waals surface area contributed by atoms with Crippen LogP contribution in [0, 0.1) is 28.3 Å². The summed E-state index contributed by atoms with van der Waals surface area (Å²) in [4.78, 5) is 26.8. The number of benzene rings is 3. The first-order chi connectivity index (χ1) is 24.2. The van der Waals surface area contributed by atoms with Gasteiger partial charge in [-0.25, -0.2) is 13.2 Å². The lowest BCUT2D eigenvalue weighted by atomic mass is 9.72. The van der Waals surface area contributed by atoms with Gasteiger partial charge in [0.05, 0.1) is 12.0 Å². The van der Waals surface area contributed by atoms with Gasteiger partial charge >= 0.3 is 6.01 Å². The van der Waals surface area contributed by atoms with E-state index in [-0.39, 0.29) is 55.9 Å². The first-order valence-electron chi connectivity index (χ1n) is 18.0. The second-order valence-corrected chi connectivity index (χ2v) is 15.4. The Morgan fingerprint density at radius 2 is 1.70 bits per heavy atom. The average Bonchev–Trinajstić information content (AvgIpc) is 3.80. The Hall–Kier alpha value is -4.16. The summed E-state index contributed by atoms with van der Waals surface area (Å²) in [5.74, 6) is -2.29. The van der Waals surface area contributed by atoms with E-state index in [1.54, 1.807) is 6.07 Å². The highest BCUT2D eigenvalue weighted by Crippen LogP contribution is 2.48. The predicted octanol–water partition coefficient (Wildman–Crippen LogP) is 5.66. The number of carbonyl (C=O) groups excluding carboxylic acids is 1. The van der Waals surface area contributed by atoms with E-state index in [2.05, 4.69) is 25.4 Å². The number of likely N-dealkylation sites (tertiary alicyclic amines) is 1. The molecule has 12 heteroatoms. The molecule has 4 aliphatic heterocycles. The maximum atomic E-state index is 16.8. The van der Waals surface area contributed by atoms with E-state index in [9.17, 15) is 14.3 Å². The molecule has 2 atom stereocenters. The molecule has 3 N–H and O–H groups in total. The number of fused-ring (bicyclic) bond motifs is 4. The fraction of sp³-hybridized carbons (Fsp3) is 0.500. The van der Waals surface area contributed by atoms with Crippen molar-refractivity contribution in [2.45, 2.75) is 63.5 Å². The molecule has 262 valence electrons. The number of rotatable bonds is 7. The van der Waals surface area contributed by atoms with Gasteiger partial charge in [0.1, 0.15) is 17.1 Å². The van der Waals surface area contributed by atoms with E-state index in [4.69, 9.17) is 9.72 Å². The zero-order valence-electron chi connectivity index (χ0n) is 27.9. The molecule has 1 aliphatic carbocycles. The second kappa shape index (κ2) is 12.0. The first-order valence-corrected chi connectivity index (χ1v) is 18.0. The van der Waals surface area contributed by atoms with Crippen LogP contribution in [0.5, 0.6) is 11.8 Å². The molecule has 1 aromatic heterocycles. The lowest BCUT2D eigenvalue weighted by Crippen LogP contribution is -2.52. The van der Waals surface area contributed by atoms with Crippen LogP contribution < -0.4 is 20.3 Å². The molecule has 2 bridgehead atoms. The van der Waals surface area contributed by atoms with Crippen molar-refractivity contribution in [2.24, 2.45) is 10.8 Å². The largest absolute Gasteiger partial charge is 0.508 e. The summed E-state index contributed by atoms with van der Waals surface area (Å²) in [6, 6.07) is 8.88. The Bertz CT molecular complexity index is 2000.